The average molecular weight is 215 g/mol. The molecule has 0 aliphatic rings. The third-order valence-corrected chi connectivity index (χ3v) is 0.918. The van der Waals surface area contributed by atoms with E-state index in [1.54, 1.807) is 0 Å². The first-order chi connectivity index (χ1) is 3.50. The van der Waals surface area contributed by atoms with Crippen LogP contribution in [0.5, 0.6) is 0 Å². The Morgan fingerprint density at radius 3 is 1.67 bits per heavy atom. The van der Waals surface area contributed by atoms with Gasteiger partial charge in [0, 0.05) is 19.5 Å². The molecule has 0 saturated carbocycles. The molecule has 0 amide bonds. The van der Waals surface area contributed by atoms with Gasteiger partial charge >= 0.3 is 15.9 Å². The van der Waals surface area contributed by atoms with E-state index in [0.717, 1.165) is 0 Å². The fourth-order valence-electron chi connectivity index (χ4n) is 0.0275. The van der Waals surface area contributed by atoms with E-state index in [4.69, 9.17) is 0 Å². The van der Waals surface area contributed by atoms with E-state index < -0.39 is 15.9 Å². The molecule has 52 valence electrons. The second-order valence-corrected chi connectivity index (χ2v) is 2.28. The summed E-state index contributed by atoms with van der Waals surface area (Å²) < 4.78 is 52.8. The van der Waals surface area contributed by atoms with Crippen molar-refractivity contribution in [2.45, 2.75) is 5.76 Å². The number of halogens is 3. The van der Waals surface area contributed by atoms with Crippen LogP contribution >= 0.6 is 0 Å². The molecule has 8 heteroatoms. The maximum absolute atomic E-state index is 10.9. The summed E-state index contributed by atoms with van der Waals surface area (Å²) in [5.41, 5.74) is 0. The summed E-state index contributed by atoms with van der Waals surface area (Å²) >= 11 is 0. The molecular formula is CHF3O3SZn. The minimum absolute atomic E-state index is 0. The molecule has 0 atom stereocenters. The van der Waals surface area contributed by atoms with Gasteiger partial charge in [0.1, 0.15) is 0 Å². The van der Waals surface area contributed by atoms with Crippen LogP contribution < -0.4 is 0 Å². The van der Waals surface area contributed by atoms with Gasteiger partial charge in [-0.25, -0.2) is 0 Å². The molecule has 0 bridgehead atoms. The monoisotopic (exact) mass is 214 g/mol. The normalized spacial score (nSPS) is 11.1. The van der Waals surface area contributed by atoms with Gasteiger partial charge < -0.3 is 0 Å². The number of hydrogen-bond acceptors (Lipinski definition) is 3. The number of alkyl halides is 2. The number of rotatable bonds is 2. The summed E-state index contributed by atoms with van der Waals surface area (Å²) in [6.07, 6.45) is 0. The minimum atomic E-state index is -5.24. The summed E-state index contributed by atoms with van der Waals surface area (Å²) in [5, 5.41) is 0. The van der Waals surface area contributed by atoms with E-state index in [1.165, 1.54) is 0 Å². The zero-order valence-corrected chi connectivity index (χ0v) is 7.83. The third kappa shape index (κ3) is 3.83. The molecule has 0 aromatic carbocycles. The largest absolute Gasteiger partial charge is 0.363 e. The van der Waals surface area contributed by atoms with Crippen LogP contribution in [0, 0.1) is 0 Å². The van der Waals surface area contributed by atoms with Crippen molar-refractivity contribution in [3.8, 4) is 0 Å². The summed E-state index contributed by atoms with van der Waals surface area (Å²) in [7, 11) is -5.24. The van der Waals surface area contributed by atoms with Crippen molar-refractivity contribution >= 4 is 10.1 Å². The third-order valence-electron chi connectivity index (χ3n) is 0.306. The average Bonchev–Trinajstić information content (AvgIpc) is 1.67. The van der Waals surface area contributed by atoms with Gasteiger partial charge in [-0.2, -0.15) is 17.2 Å². The number of hydrogen-bond donors (Lipinski definition) is 0. The van der Waals surface area contributed by atoms with Crippen molar-refractivity contribution in [3.63, 3.8) is 0 Å². The molecule has 3 nitrogen and oxygen atoms in total. The van der Waals surface area contributed by atoms with Gasteiger partial charge in [-0.1, -0.05) is 4.39 Å². The molecule has 0 unspecified atom stereocenters. The van der Waals surface area contributed by atoms with Crippen LogP contribution in [0.4, 0.5) is 13.3 Å². The van der Waals surface area contributed by atoms with Crippen molar-refractivity contribution in [2.75, 3.05) is 0 Å². The predicted molar refractivity (Wildman–Crippen MR) is 17.1 cm³/mol. The summed E-state index contributed by atoms with van der Waals surface area (Å²) in [6.45, 7) is 0. The fraction of sp³-hybridized carbons (Fsp3) is 1.00. The quantitative estimate of drug-likeness (QED) is 0.628. The van der Waals surface area contributed by atoms with Gasteiger partial charge in [-0.3, -0.25) is 0 Å². The van der Waals surface area contributed by atoms with E-state index in [9.17, 15) is 21.7 Å². The maximum Gasteiger partial charge on any atom is 0.363 e. The van der Waals surface area contributed by atoms with Crippen molar-refractivity contribution < 1.29 is 45.6 Å². The molecule has 0 aromatic rings. The zero-order valence-electron chi connectivity index (χ0n) is 4.05. The van der Waals surface area contributed by atoms with Crippen LogP contribution in [0.2, 0.25) is 0 Å². The molecule has 0 N–H and O–H groups in total. The zero-order chi connectivity index (χ0) is 6.78. The first kappa shape index (κ1) is 12.0. The predicted octanol–water partition coefficient (Wildman–Crippen LogP) is 0.437. The Hall–Kier alpha value is 0.323. The molecule has 0 heterocycles. The first-order valence-corrected chi connectivity index (χ1v) is 2.80. The van der Waals surface area contributed by atoms with Gasteiger partial charge in [0.15, 0.2) is 0 Å². The molecule has 0 aromatic heterocycles. The molecule has 0 aliphatic carbocycles. The standard InChI is InChI=1S/CHF3O3S.Zn/c2-1(3)8(5,6)7-4;/h1H;. The van der Waals surface area contributed by atoms with E-state index in [2.05, 4.69) is 0 Å². The van der Waals surface area contributed by atoms with E-state index in [0.29, 0.717) is 0 Å². The topological polar surface area (TPSA) is 43.4 Å². The van der Waals surface area contributed by atoms with Crippen molar-refractivity contribution in [1.29, 1.82) is 0 Å². The molecule has 0 spiro atoms. The van der Waals surface area contributed by atoms with E-state index in [1.807, 2.05) is 4.39 Å². The van der Waals surface area contributed by atoms with Gasteiger partial charge in [-0.15, -0.1) is 0 Å². The molecule has 0 fully saturated rings. The molecule has 0 radical (unpaired) electrons. The second-order valence-electron chi connectivity index (χ2n) is 0.816. The van der Waals surface area contributed by atoms with E-state index >= 15 is 0 Å². The Morgan fingerprint density at radius 1 is 1.33 bits per heavy atom. The van der Waals surface area contributed by atoms with Gasteiger partial charge in [0.25, 0.3) is 0 Å². The molecular weight excluding hydrogens is 214 g/mol. The Labute approximate surface area is 62.0 Å². The Balaban J connectivity index is 0. The molecule has 0 rings (SSSR count). The summed E-state index contributed by atoms with van der Waals surface area (Å²) in [4.78, 5) is 0. The SMILES string of the molecule is O=S(=O)(OF)C(F)F.[Zn]. The van der Waals surface area contributed by atoms with Crippen LogP contribution in [0.3, 0.4) is 0 Å². The van der Waals surface area contributed by atoms with Crippen LogP contribution in [0.25, 0.3) is 0 Å². The van der Waals surface area contributed by atoms with Crippen LogP contribution in [-0.2, 0) is 34.0 Å². The Morgan fingerprint density at radius 2 is 1.67 bits per heavy atom. The van der Waals surface area contributed by atoms with Gasteiger partial charge in [-0.05, 0) is 4.53 Å². The maximum atomic E-state index is 10.9. The Bertz CT molecular complexity index is 152. The minimum Gasteiger partial charge on any atom is -0.191 e. The molecule has 0 aliphatic heterocycles. The van der Waals surface area contributed by atoms with E-state index in [-0.39, 0.29) is 19.5 Å². The first-order valence-electron chi connectivity index (χ1n) is 1.33. The molecule has 0 saturated heterocycles. The molecule has 9 heavy (non-hydrogen) atoms. The van der Waals surface area contributed by atoms with Crippen molar-refractivity contribution in [2.24, 2.45) is 0 Å². The Kier molecular flexibility index (Phi) is 5.61. The van der Waals surface area contributed by atoms with Crippen LogP contribution in [-0.4, -0.2) is 14.2 Å². The summed E-state index contributed by atoms with van der Waals surface area (Å²) in [6, 6.07) is 0. The van der Waals surface area contributed by atoms with Crippen molar-refractivity contribution in [3.05, 3.63) is 0 Å². The smallest absolute Gasteiger partial charge is 0.191 e. The van der Waals surface area contributed by atoms with Crippen LogP contribution in [0.1, 0.15) is 0 Å². The fourth-order valence-corrected chi connectivity index (χ4v) is 0.0825. The van der Waals surface area contributed by atoms with Crippen molar-refractivity contribution in [1.82, 2.24) is 0 Å². The van der Waals surface area contributed by atoms with Gasteiger partial charge in [0.05, 0.1) is 0 Å². The second kappa shape index (κ2) is 4.19. The van der Waals surface area contributed by atoms with Crippen LogP contribution in [0.15, 0.2) is 0 Å². The van der Waals surface area contributed by atoms with Gasteiger partial charge in [0.2, 0.25) is 0 Å². The summed E-state index contributed by atoms with van der Waals surface area (Å²) in [5.74, 6) is -3.81.